The fourth-order valence-electron chi connectivity index (χ4n) is 4.95. The zero-order valence-corrected chi connectivity index (χ0v) is 16.1. The van der Waals surface area contributed by atoms with E-state index < -0.39 is 0 Å². The summed E-state index contributed by atoms with van der Waals surface area (Å²) in [5.41, 5.74) is 2.18. The third-order valence-corrected chi connectivity index (χ3v) is 6.85. The quantitative estimate of drug-likeness (QED) is 0.420. The molecular formula is C22H37NO. The molecule has 2 atom stereocenters. The number of amides is 1. The number of nitrogens with one attached hydrogen (secondary N) is 1. The molecule has 0 aromatic carbocycles. The van der Waals surface area contributed by atoms with Crippen LogP contribution in [0.3, 0.4) is 0 Å². The van der Waals surface area contributed by atoms with Crippen LogP contribution >= 0.6 is 0 Å². The van der Waals surface area contributed by atoms with Crippen LogP contribution in [0.5, 0.6) is 0 Å². The lowest BCUT2D eigenvalue weighted by Crippen LogP contribution is -2.24. The van der Waals surface area contributed by atoms with E-state index in [4.69, 9.17) is 0 Å². The van der Waals surface area contributed by atoms with Gasteiger partial charge >= 0.3 is 0 Å². The van der Waals surface area contributed by atoms with Crippen LogP contribution in [-0.4, -0.2) is 12.5 Å². The lowest BCUT2D eigenvalue weighted by molar-refractivity contribution is -0.121. The lowest BCUT2D eigenvalue weighted by Gasteiger charge is -2.18. The summed E-state index contributed by atoms with van der Waals surface area (Å²) in [4.78, 5) is 12.1. The molecule has 0 saturated heterocycles. The summed E-state index contributed by atoms with van der Waals surface area (Å²) in [7, 11) is 0. The standard InChI is InChI=1S/C22H37NO/c1-18(2)12-8-7-11-17-23-20(24)14-13-19-21(3)15-9-5-6-10-16-22(19,21)4/h5-6,19H,1,7-17H2,2-4H3,(H,23,24)/b6-5-. The van der Waals surface area contributed by atoms with Gasteiger partial charge < -0.3 is 5.32 Å². The average Bonchev–Trinajstić information content (AvgIpc) is 2.95. The fraction of sp³-hybridized carbons (Fsp3) is 0.773. The Labute approximate surface area is 149 Å². The second kappa shape index (κ2) is 8.36. The summed E-state index contributed by atoms with van der Waals surface area (Å²) < 4.78 is 0. The van der Waals surface area contributed by atoms with Gasteiger partial charge in [0.25, 0.3) is 0 Å². The molecule has 1 saturated carbocycles. The van der Waals surface area contributed by atoms with Gasteiger partial charge in [0, 0.05) is 13.0 Å². The third-order valence-electron chi connectivity index (χ3n) is 6.85. The number of allylic oxidation sites excluding steroid dienone is 3. The second-order valence-electron chi connectivity index (χ2n) is 8.59. The number of carbonyl (C=O) groups excluding carboxylic acids is 1. The molecule has 0 heterocycles. The van der Waals surface area contributed by atoms with Crippen LogP contribution in [0.25, 0.3) is 0 Å². The number of hydrogen-bond acceptors (Lipinski definition) is 1. The van der Waals surface area contributed by atoms with Crippen LogP contribution in [0.15, 0.2) is 24.3 Å². The first kappa shape index (κ1) is 19.3. The predicted molar refractivity (Wildman–Crippen MR) is 103 cm³/mol. The Morgan fingerprint density at radius 3 is 2.29 bits per heavy atom. The third kappa shape index (κ3) is 4.52. The molecule has 0 radical (unpaired) electrons. The van der Waals surface area contributed by atoms with Crippen molar-refractivity contribution in [2.24, 2.45) is 16.7 Å². The highest BCUT2D eigenvalue weighted by molar-refractivity contribution is 5.75. The minimum Gasteiger partial charge on any atom is -0.356 e. The number of unbranched alkanes of at least 4 members (excludes halogenated alkanes) is 2. The first-order valence-corrected chi connectivity index (χ1v) is 9.96. The SMILES string of the molecule is C=C(C)CCCCCNC(=O)CCC1C2(C)CC/C=C\CCC12C. The summed E-state index contributed by atoms with van der Waals surface area (Å²) in [6, 6.07) is 0. The van der Waals surface area contributed by atoms with E-state index in [1.807, 2.05) is 0 Å². The molecule has 1 N–H and O–H groups in total. The van der Waals surface area contributed by atoms with E-state index in [1.165, 1.54) is 44.1 Å². The topological polar surface area (TPSA) is 29.1 Å². The molecule has 0 aliphatic heterocycles. The van der Waals surface area contributed by atoms with Gasteiger partial charge in [0.1, 0.15) is 0 Å². The van der Waals surface area contributed by atoms with E-state index in [0.717, 1.165) is 31.7 Å². The molecule has 0 spiro atoms. The highest BCUT2D eigenvalue weighted by Gasteiger charge is 2.68. The largest absolute Gasteiger partial charge is 0.356 e. The minimum absolute atomic E-state index is 0.250. The Balaban J connectivity index is 1.63. The highest BCUT2D eigenvalue weighted by atomic mass is 16.1. The summed E-state index contributed by atoms with van der Waals surface area (Å²) in [5.74, 6) is 0.978. The van der Waals surface area contributed by atoms with Crippen LogP contribution < -0.4 is 5.32 Å². The second-order valence-corrected chi connectivity index (χ2v) is 8.59. The van der Waals surface area contributed by atoms with Gasteiger partial charge in [0.2, 0.25) is 5.91 Å². The van der Waals surface area contributed by atoms with Crippen LogP contribution in [0, 0.1) is 16.7 Å². The maximum Gasteiger partial charge on any atom is 0.220 e. The molecule has 1 fully saturated rings. The number of rotatable bonds is 9. The molecule has 0 aromatic rings. The Morgan fingerprint density at radius 2 is 1.71 bits per heavy atom. The summed E-state index contributed by atoms with van der Waals surface area (Å²) in [6.07, 6.45) is 16.0. The Kier molecular flexibility index (Phi) is 6.71. The molecular weight excluding hydrogens is 294 g/mol. The van der Waals surface area contributed by atoms with Crippen molar-refractivity contribution < 1.29 is 4.79 Å². The van der Waals surface area contributed by atoms with Gasteiger partial charge in [-0.05, 0) is 75.0 Å². The maximum atomic E-state index is 12.1. The predicted octanol–water partition coefficient (Wildman–Crippen LogP) is 5.79. The van der Waals surface area contributed by atoms with E-state index in [2.05, 4.69) is 44.8 Å². The first-order valence-electron chi connectivity index (χ1n) is 9.96. The molecule has 2 aliphatic carbocycles. The van der Waals surface area contributed by atoms with Gasteiger partial charge in [-0.2, -0.15) is 0 Å². The van der Waals surface area contributed by atoms with Crippen molar-refractivity contribution in [1.29, 1.82) is 0 Å². The van der Waals surface area contributed by atoms with Crippen molar-refractivity contribution in [2.75, 3.05) is 6.54 Å². The maximum absolute atomic E-state index is 12.1. The van der Waals surface area contributed by atoms with Crippen LogP contribution in [-0.2, 0) is 4.79 Å². The Hall–Kier alpha value is -1.05. The lowest BCUT2D eigenvalue weighted by atomic mass is 9.86. The van der Waals surface area contributed by atoms with Crippen molar-refractivity contribution in [3.8, 4) is 0 Å². The summed E-state index contributed by atoms with van der Waals surface area (Å²) in [6.45, 7) is 11.8. The monoisotopic (exact) mass is 331 g/mol. The zero-order valence-electron chi connectivity index (χ0n) is 16.1. The number of carbonyl (C=O) groups is 1. The van der Waals surface area contributed by atoms with Crippen molar-refractivity contribution in [2.45, 2.75) is 85.0 Å². The normalized spacial score (nSPS) is 33.0. The minimum atomic E-state index is 0.250. The fourth-order valence-corrected chi connectivity index (χ4v) is 4.95. The average molecular weight is 332 g/mol. The molecule has 2 rings (SSSR count). The highest BCUT2D eigenvalue weighted by Crippen LogP contribution is 2.75. The molecule has 24 heavy (non-hydrogen) atoms. The molecule has 0 bridgehead atoms. The van der Waals surface area contributed by atoms with Crippen molar-refractivity contribution in [3.05, 3.63) is 24.3 Å². The van der Waals surface area contributed by atoms with Crippen molar-refractivity contribution in [3.63, 3.8) is 0 Å². The van der Waals surface area contributed by atoms with Gasteiger partial charge in [-0.1, -0.05) is 38.0 Å². The van der Waals surface area contributed by atoms with Gasteiger partial charge in [-0.25, -0.2) is 0 Å². The number of fused-ring (bicyclic) bond motifs is 1. The van der Waals surface area contributed by atoms with Gasteiger partial charge in [0.05, 0.1) is 0 Å². The Morgan fingerprint density at radius 1 is 1.08 bits per heavy atom. The first-order chi connectivity index (χ1) is 11.4. The molecule has 2 heteroatoms. The zero-order chi connectivity index (χ0) is 17.6. The van der Waals surface area contributed by atoms with Gasteiger partial charge in [-0.15, -0.1) is 6.58 Å². The van der Waals surface area contributed by atoms with E-state index in [9.17, 15) is 4.79 Å². The van der Waals surface area contributed by atoms with Gasteiger partial charge in [-0.3, -0.25) is 4.79 Å². The van der Waals surface area contributed by atoms with Crippen LogP contribution in [0.4, 0.5) is 0 Å². The summed E-state index contributed by atoms with van der Waals surface area (Å²) in [5, 5.41) is 3.11. The van der Waals surface area contributed by atoms with E-state index in [1.54, 1.807) is 0 Å². The van der Waals surface area contributed by atoms with Crippen molar-refractivity contribution in [1.82, 2.24) is 5.32 Å². The number of hydrogen-bond donors (Lipinski definition) is 1. The molecule has 0 aromatic heterocycles. The molecule has 136 valence electrons. The molecule has 2 aliphatic rings. The van der Waals surface area contributed by atoms with Gasteiger partial charge in [0.15, 0.2) is 0 Å². The summed E-state index contributed by atoms with van der Waals surface area (Å²) >= 11 is 0. The van der Waals surface area contributed by atoms with Crippen LogP contribution in [0.2, 0.25) is 0 Å². The smallest absolute Gasteiger partial charge is 0.220 e. The van der Waals surface area contributed by atoms with E-state index >= 15 is 0 Å². The van der Waals surface area contributed by atoms with Crippen LogP contribution in [0.1, 0.15) is 85.0 Å². The molecule has 2 nitrogen and oxygen atoms in total. The van der Waals surface area contributed by atoms with E-state index in [-0.39, 0.29) is 5.91 Å². The van der Waals surface area contributed by atoms with Crippen molar-refractivity contribution >= 4 is 5.91 Å². The molecule has 2 unspecified atom stereocenters. The molecule has 1 amide bonds. The van der Waals surface area contributed by atoms with E-state index in [0.29, 0.717) is 17.3 Å². The Bertz CT molecular complexity index is 458.